The van der Waals surface area contributed by atoms with Crippen LogP contribution in [0.25, 0.3) is 0 Å². The summed E-state index contributed by atoms with van der Waals surface area (Å²) in [5.41, 5.74) is 1.95. The van der Waals surface area contributed by atoms with Gasteiger partial charge in [0.05, 0.1) is 12.0 Å². The third-order valence-electron chi connectivity index (χ3n) is 5.87. The highest BCUT2D eigenvalue weighted by molar-refractivity contribution is 6.08. The van der Waals surface area contributed by atoms with Crippen LogP contribution in [0.3, 0.4) is 0 Å². The molecule has 170 valence electrons. The lowest BCUT2D eigenvalue weighted by Gasteiger charge is -2.11. The fourth-order valence-electron chi connectivity index (χ4n) is 4.03. The summed E-state index contributed by atoms with van der Waals surface area (Å²) in [5, 5.41) is 2.74. The number of hydrogen-bond acceptors (Lipinski definition) is 5. The molecule has 3 aromatic rings. The molecular formula is C26H27N3O4. The lowest BCUT2D eigenvalue weighted by Crippen LogP contribution is -2.33. The van der Waals surface area contributed by atoms with Gasteiger partial charge in [-0.05, 0) is 37.1 Å². The summed E-state index contributed by atoms with van der Waals surface area (Å²) in [6, 6.07) is 17.4. The molecule has 2 aromatic carbocycles. The van der Waals surface area contributed by atoms with Gasteiger partial charge < -0.3 is 10.1 Å². The van der Waals surface area contributed by atoms with Gasteiger partial charge in [-0.15, -0.1) is 0 Å². The van der Waals surface area contributed by atoms with Gasteiger partial charge in [-0.2, -0.15) is 0 Å². The van der Waals surface area contributed by atoms with Gasteiger partial charge in [0.25, 0.3) is 11.5 Å². The summed E-state index contributed by atoms with van der Waals surface area (Å²) in [7, 11) is 0. The van der Waals surface area contributed by atoms with Crippen molar-refractivity contribution in [3.8, 4) is 5.75 Å². The zero-order valence-corrected chi connectivity index (χ0v) is 18.4. The Bertz CT molecular complexity index is 1150. The van der Waals surface area contributed by atoms with Gasteiger partial charge in [-0.3, -0.25) is 19.0 Å². The Kier molecular flexibility index (Phi) is 7.29. The molecule has 0 unspecified atom stereocenters. The van der Waals surface area contributed by atoms with Gasteiger partial charge in [0.15, 0.2) is 12.4 Å². The smallest absolute Gasteiger partial charge is 0.258 e. The van der Waals surface area contributed by atoms with Crippen molar-refractivity contribution in [2.24, 2.45) is 0 Å². The van der Waals surface area contributed by atoms with Crippen LogP contribution in [0.4, 0.5) is 0 Å². The molecule has 4 rings (SSSR count). The van der Waals surface area contributed by atoms with E-state index in [0.717, 1.165) is 18.5 Å². The van der Waals surface area contributed by atoms with E-state index in [0.29, 0.717) is 35.9 Å². The molecular weight excluding hydrogens is 418 g/mol. The normalized spacial score (nSPS) is 13.6. The second-order valence-electron chi connectivity index (χ2n) is 8.18. The van der Waals surface area contributed by atoms with Crippen molar-refractivity contribution in [3.63, 3.8) is 0 Å². The molecule has 0 bridgehead atoms. The molecule has 0 spiro atoms. The fraction of sp³-hybridized carbons (Fsp3) is 0.308. The van der Waals surface area contributed by atoms with Gasteiger partial charge >= 0.3 is 0 Å². The molecule has 1 amide bonds. The molecule has 1 aliphatic carbocycles. The van der Waals surface area contributed by atoms with Crippen LogP contribution in [0.2, 0.25) is 0 Å². The molecule has 33 heavy (non-hydrogen) atoms. The molecule has 1 N–H and O–H groups in total. The second kappa shape index (κ2) is 10.7. The number of benzene rings is 2. The van der Waals surface area contributed by atoms with Crippen LogP contribution in [0.5, 0.6) is 5.75 Å². The summed E-state index contributed by atoms with van der Waals surface area (Å²) in [4.78, 5) is 41.3. The van der Waals surface area contributed by atoms with Crippen molar-refractivity contribution in [1.82, 2.24) is 14.9 Å². The Hall–Kier alpha value is -3.74. The minimum absolute atomic E-state index is 0.0686. The molecule has 0 saturated heterocycles. The highest BCUT2D eigenvalue weighted by Gasteiger charge is 2.19. The van der Waals surface area contributed by atoms with E-state index in [4.69, 9.17) is 4.74 Å². The lowest BCUT2D eigenvalue weighted by atomic mass is 10.0. The molecule has 0 radical (unpaired) electrons. The number of carbonyl (C=O) groups excluding carboxylic acids is 2. The number of hydrogen-bond donors (Lipinski definition) is 1. The van der Waals surface area contributed by atoms with Crippen LogP contribution < -0.4 is 15.6 Å². The first-order chi connectivity index (χ1) is 16.1. The van der Waals surface area contributed by atoms with Gasteiger partial charge in [0.1, 0.15) is 5.75 Å². The van der Waals surface area contributed by atoms with E-state index in [2.05, 4.69) is 10.3 Å². The number of nitrogens with one attached hydrogen (secondary N) is 1. The Morgan fingerprint density at radius 2 is 1.70 bits per heavy atom. The van der Waals surface area contributed by atoms with E-state index in [-0.39, 0.29) is 23.9 Å². The number of ketones is 1. The molecule has 1 saturated carbocycles. The van der Waals surface area contributed by atoms with Crippen LogP contribution in [0.15, 0.2) is 71.8 Å². The molecule has 1 heterocycles. The van der Waals surface area contributed by atoms with E-state index in [1.165, 1.54) is 17.4 Å². The minimum atomic E-state index is -0.289. The summed E-state index contributed by atoms with van der Waals surface area (Å²) >= 11 is 0. The predicted octanol–water partition coefficient (Wildman–Crippen LogP) is 3.33. The zero-order valence-electron chi connectivity index (χ0n) is 18.4. The molecule has 0 aliphatic heterocycles. The van der Waals surface area contributed by atoms with E-state index in [1.807, 2.05) is 18.2 Å². The monoisotopic (exact) mass is 445 g/mol. The summed E-state index contributed by atoms with van der Waals surface area (Å²) in [5.74, 6) is 0.538. The van der Waals surface area contributed by atoms with Crippen molar-refractivity contribution in [2.45, 2.75) is 38.1 Å². The highest BCUT2D eigenvalue weighted by Crippen LogP contribution is 2.32. The molecule has 7 nitrogen and oxygen atoms in total. The molecule has 1 fully saturated rings. The van der Waals surface area contributed by atoms with E-state index >= 15 is 0 Å². The fourth-order valence-corrected chi connectivity index (χ4v) is 4.03. The summed E-state index contributed by atoms with van der Waals surface area (Å²) in [6.45, 7) is 0.496. The maximum Gasteiger partial charge on any atom is 0.258 e. The first kappa shape index (κ1) is 22.5. The molecule has 7 heteroatoms. The number of nitrogens with zero attached hydrogens (tertiary/aromatic N) is 2. The Morgan fingerprint density at radius 1 is 1.00 bits per heavy atom. The number of aromatic nitrogens is 2. The van der Waals surface area contributed by atoms with E-state index in [9.17, 15) is 14.4 Å². The average molecular weight is 446 g/mol. The standard InChI is InChI=1S/C26H27N3O4/c30-24(27-14-15-29-18-28-23(16-25(29)31)19-6-4-5-7-19)17-33-22-12-10-21(11-13-22)26(32)20-8-2-1-3-9-20/h1-3,8-13,16,18-19H,4-7,14-15,17H2,(H,27,30). The first-order valence-corrected chi connectivity index (χ1v) is 11.3. The predicted molar refractivity (Wildman–Crippen MR) is 125 cm³/mol. The number of amides is 1. The van der Waals surface area contributed by atoms with Gasteiger partial charge in [-0.1, -0.05) is 43.2 Å². The highest BCUT2D eigenvalue weighted by atomic mass is 16.5. The third-order valence-corrected chi connectivity index (χ3v) is 5.87. The largest absolute Gasteiger partial charge is 0.484 e. The Morgan fingerprint density at radius 3 is 2.39 bits per heavy atom. The Labute approximate surface area is 192 Å². The van der Waals surface area contributed by atoms with Crippen LogP contribution in [0, 0.1) is 0 Å². The number of ether oxygens (including phenoxy) is 1. The van der Waals surface area contributed by atoms with Crippen molar-refractivity contribution in [3.05, 3.63) is 94.2 Å². The van der Waals surface area contributed by atoms with Crippen LogP contribution in [-0.2, 0) is 11.3 Å². The second-order valence-corrected chi connectivity index (χ2v) is 8.18. The average Bonchev–Trinajstić information content (AvgIpc) is 3.39. The molecule has 1 aromatic heterocycles. The quantitative estimate of drug-likeness (QED) is 0.510. The number of rotatable bonds is 9. The molecule has 1 aliphatic rings. The van der Waals surface area contributed by atoms with Crippen molar-refractivity contribution < 1.29 is 14.3 Å². The summed E-state index contributed by atoms with van der Waals surface area (Å²) in [6.07, 6.45) is 6.15. The Balaban J connectivity index is 1.21. The maximum absolute atomic E-state index is 12.4. The van der Waals surface area contributed by atoms with Crippen molar-refractivity contribution in [1.29, 1.82) is 0 Å². The number of carbonyl (C=O) groups is 2. The van der Waals surface area contributed by atoms with Crippen molar-refractivity contribution >= 4 is 11.7 Å². The minimum Gasteiger partial charge on any atom is -0.484 e. The lowest BCUT2D eigenvalue weighted by molar-refractivity contribution is -0.123. The van der Waals surface area contributed by atoms with Crippen LogP contribution in [0.1, 0.15) is 53.2 Å². The van der Waals surface area contributed by atoms with Gasteiger partial charge in [-0.25, -0.2) is 4.98 Å². The van der Waals surface area contributed by atoms with Gasteiger partial charge in [0.2, 0.25) is 0 Å². The van der Waals surface area contributed by atoms with Gasteiger partial charge in [0, 0.05) is 36.2 Å². The summed E-state index contributed by atoms with van der Waals surface area (Å²) < 4.78 is 7.01. The maximum atomic E-state index is 12.4. The first-order valence-electron chi connectivity index (χ1n) is 11.3. The zero-order chi connectivity index (χ0) is 23.0. The van der Waals surface area contributed by atoms with E-state index < -0.39 is 0 Å². The van der Waals surface area contributed by atoms with E-state index in [1.54, 1.807) is 48.8 Å². The van der Waals surface area contributed by atoms with Crippen molar-refractivity contribution in [2.75, 3.05) is 13.2 Å². The SMILES string of the molecule is O=C(COc1ccc(C(=O)c2ccccc2)cc1)NCCn1cnc(C2CCCC2)cc1=O. The molecule has 0 atom stereocenters. The van der Waals surface area contributed by atoms with Crippen LogP contribution >= 0.6 is 0 Å². The third kappa shape index (κ3) is 5.94. The van der Waals surface area contributed by atoms with Crippen LogP contribution in [-0.4, -0.2) is 34.4 Å². The topological polar surface area (TPSA) is 90.3 Å².